The molecular formula is C24H20ClN3O. The predicted octanol–water partition coefficient (Wildman–Crippen LogP) is 5.58. The Hall–Kier alpha value is -2.98. The topological polar surface area (TPSA) is 47.3 Å². The Morgan fingerprint density at radius 1 is 1.03 bits per heavy atom. The summed E-state index contributed by atoms with van der Waals surface area (Å²) in [5, 5.41) is 5.47. The number of aryl methyl sites for hydroxylation is 2. The molecule has 0 fully saturated rings. The zero-order chi connectivity index (χ0) is 20.1. The summed E-state index contributed by atoms with van der Waals surface area (Å²) >= 11 is 6.06. The van der Waals surface area contributed by atoms with Gasteiger partial charge in [-0.1, -0.05) is 48.0 Å². The molecule has 5 rings (SSSR count). The molecule has 29 heavy (non-hydrogen) atoms. The van der Waals surface area contributed by atoms with Gasteiger partial charge in [0.2, 0.25) is 0 Å². The average Bonchev–Trinajstić information content (AvgIpc) is 3.05. The number of hydrogen-bond donors (Lipinski definition) is 0. The fourth-order valence-corrected chi connectivity index (χ4v) is 4.55. The van der Waals surface area contributed by atoms with E-state index in [2.05, 4.69) is 24.0 Å². The van der Waals surface area contributed by atoms with Crippen LogP contribution < -0.4 is 0 Å². The highest BCUT2D eigenvalue weighted by Gasteiger charge is 2.30. The number of Topliss-reactive ketones (excluding diaryl/α,β-unsaturated/α-hetero) is 1. The molecule has 0 saturated heterocycles. The molecule has 144 valence electrons. The number of aromatic nitrogens is 3. The van der Waals surface area contributed by atoms with Crippen molar-refractivity contribution in [1.82, 2.24) is 14.6 Å². The van der Waals surface area contributed by atoms with Crippen LogP contribution in [0.15, 0.2) is 54.7 Å². The molecule has 0 amide bonds. The van der Waals surface area contributed by atoms with Crippen molar-refractivity contribution in [3.8, 4) is 11.1 Å². The number of benzene rings is 2. The van der Waals surface area contributed by atoms with Crippen LogP contribution in [0.3, 0.4) is 0 Å². The van der Waals surface area contributed by atoms with Crippen molar-refractivity contribution in [2.75, 3.05) is 0 Å². The van der Waals surface area contributed by atoms with Crippen molar-refractivity contribution in [2.24, 2.45) is 0 Å². The van der Waals surface area contributed by atoms with E-state index in [0.717, 1.165) is 34.6 Å². The van der Waals surface area contributed by atoms with E-state index in [1.54, 1.807) is 6.20 Å². The van der Waals surface area contributed by atoms with E-state index in [1.807, 2.05) is 47.8 Å². The van der Waals surface area contributed by atoms with E-state index in [1.165, 1.54) is 11.1 Å². The summed E-state index contributed by atoms with van der Waals surface area (Å²) in [6.07, 6.45) is 3.00. The van der Waals surface area contributed by atoms with Crippen LogP contribution in [0.2, 0.25) is 5.02 Å². The lowest BCUT2D eigenvalue weighted by Gasteiger charge is -2.25. The maximum absolute atomic E-state index is 12.9. The number of carbonyl (C=O) groups excluding carboxylic acids is 1. The normalized spacial score (nSPS) is 16.2. The molecule has 4 nitrogen and oxygen atoms in total. The third kappa shape index (κ3) is 2.95. The average molecular weight is 402 g/mol. The molecule has 4 aromatic rings. The number of ketones is 1. The van der Waals surface area contributed by atoms with Crippen molar-refractivity contribution in [2.45, 2.75) is 32.6 Å². The predicted molar refractivity (Wildman–Crippen MR) is 115 cm³/mol. The van der Waals surface area contributed by atoms with Gasteiger partial charge in [0.1, 0.15) is 0 Å². The van der Waals surface area contributed by atoms with Crippen LogP contribution >= 0.6 is 11.6 Å². The van der Waals surface area contributed by atoms with E-state index in [9.17, 15) is 4.79 Å². The van der Waals surface area contributed by atoms with Gasteiger partial charge in [-0.3, -0.25) is 4.79 Å². The summed E-state index contributed by atoms with van der Waals surface area (Å²) in [5.41, 5.74) is 7.76. The third-order valence-electron chi connectivity index (χ3n) is 5.85. The monoisotopic (exact) mass is 401 g/mol. The second-order valence-electron chi connectivity index (χ2n) is 7.71. The minimum atomic E-state index is 0.134. The van der Waals surface area contributed by atoms with Crippen LogP contribution in [0.1, 0.15) is 45.2 Å². The minimum Gasteiger partial charge on any atom is -0.294 e. The Morgan fingerprint density at radius 3 is 2.55 bits per heavy atom. The first-order chi connectivity index (χ1) is 14.0. The highest BCUT2D eigenvalue weighted by atomic mass is 35.5. The quantitative estimate of drug-likeness (QED) is 0.440. The van der Waals surface area contributed by atoms with E-state index in [0.29, 0.717) is 17.0 Å². The van der Waals surface area contributed by atoms with Crippen molar-refractivity contribution < 1.29 is 4.79 Å². The maximum Gasteiger partial charge on any atom is 0.166 e. The number of rotatable bonds is 2. The molecule has 2 aromatic heterocycles. The standard InChI is InChI=1S/C24H20ClN3O/c1-14-5-3-4-6-19(14)17-11-21-20(22(29)12-17)13-26-24-23(15(2)27-28(21)24)16-7-9-18(25)10-8-16/h3-10,13,17H,11-12H2,1-2H3/t17-/m0/s1. The second kappa shape index (κ2) is 6.82. The molecule has 0 N–H and O–H groups in total. The number of hydrogen-bond acceptors (Lipinski definition) is 3. The molecule has 0 unspecified atom stereocenters. The molecule has 0 spiro atoms. The fraction of sp³-hybridized carbons (Fsp3) is 0.208. The van der Waals surface area contributed by atoms with Crippen molar-refractivity contribution in [1.29, 1.82) is 0 Å². The molecule has 1 aliphatic rings. The van der Waals surface area contributed by atoms with Gasteiger partial charge in [0.15, 0.2) is 11.4 Å². The van der Waals surface area contributed by atoms with Crippen LogP contribution in [0.5, 0.6) is 0 Å². The zero-order valence-corrected chi connectivity index (χ0v) is 17.1. The first kappa shape index (κ1) is 18.1. The summed E-state index contributed by atoms with van der Waals surface area (Å²) < 4.78 is 1.87. The lowest BCUT2D eigenvalue weighted by molar-refractivity contribution is 0.0962. The van der Waals surface area contributed by atoms with E-state index < -0.39 is 0 Å². The third-order valence-corrected chi connectivity index (χ3v) is 6.10. The van der Waals surface area contributed by atoms with Gasteiger partial charge in [-0.05, 0) is 55.0 Å². The van der Waals surface area contributed by atoms with Crippen LogP contribution in [-0.4, -0.2) is 20.4 Å². The van der Waals surface area contributed by atoms with Crippen LogP contribution in [0.4, 0.5) is 0 Å². The van der Waals surface area contributed by atoms with Crippen molar-refractivity contribution in [3.05, 3.63) is 87.8 Å². The summed E-state index contributed by atoms with van der Waals surface area (Å²) in [6, 6.07) is 16.0. The van der Waals surface area contributed by atoms with Gasteiger partial charge in [0.05, 0.1) is 17.0 Å². The first-order valence-corrected chi connectivity index (χ1v) is 10.1. The molecule has 2 heterocycles. The van der Waals surface area contributed by atoms with Gasteiger partial charge in [0.25, 0.3) is 0 Å². The SMILES string of the molecule is Cc1ccccc1[C@@H]1CC(=O)c2cnc3c(-c4ccc(Cl)cc4)c(C)nn3c2C1. The number of fused-ring (bicyclic) bond motifs is 3. The van der Waals surface area contributed by atoms with Gasteiger partial charge in [0, 0.05) is 23.2 Å². The highest BCUT2D eigenvalue weighted by Crippen LogP contribution is 2.36. The van der Waals surface area contributed by atoms with Gasteiger partial charge < -0.3 is 0 Å². The van der Waals surface area contributed by atoms with Gasteiger partial charge in [-0.2, -0.15) is 5.10 Å². The molecule has 0 saturated carbocycles. The smallest absolute Gasteiger partial charge is 0.166 e. The Labute approximate surface area is 174 Å². The van der Waals surface area contributed by atoms with E-state index in [-0.39, 0.29) is 11.7 Å². The lowest BCUT2D eigenvalue weighted by Crippen LogP contribution is -2.23. The van der Waals surface area contributed by atoms with Gasteiger partial charge >= 0.3 is 0 Å². The molecule has 0 radical (unpaired) electrons. The second-order valence-corrected chi connectivity index (χ2v) is 8.14. The molecule has 1 aliphatic carbocycles. The van der Waals surface area contributed by atoms with Crippen LogP contribution in [0.25, 0.3) is 16.8 Å². The number of nitrogens with zero attached hydrogens (tertiary/aromatic N) is 3. The molecular weight excluding hydrogens is 382 g/mol. The highest BCUT2D eigenvalue weighted by molar-refractivity contribution is 6.30. The minimum absolute atomic E-state index is 0.134. The van der Waals surface area contributed by atoms with E-state index in [4.69, 9.17) is 16.7 Å². The first-order valence-electron chi connectivity index (χ1n) is 9.75. The maximum atomic E-state index is 12.9. The Balaban J connectivity index is 1.67. The number of halogens is 1. The van der Waals surface area contributed by atoms with Gasteiger partial charge in [-0.15, -0.1) is 0 Å². The Morgan fingerprint density at radius 2 is 1.79 bits per heavy atom. The summed E-state index contributed by atoms with van der Waals surface area (Å²) in [6.45, 7) is 4.09. The molecule has 1 atom stereocenters. The van der Waals surface area contributed by atoms with Crippen molar-refractivity contribution >= 4 is 23.0 Å². The molecule has 0 bridgehead atoms. The summed E-state index contributed by atoms with van der Waals surface area (Å²) in [5.74, 6) is 0.292. The van der Waals surface area contributed by atoms with Crippen molar-refractivity contribution in [3.63, 3.8) is 0 Å². The fourth-order valence-electron chi connectivity index (χ4n) is 4.42. The Bertz CT molecular complexity index is 1260. The van der Waals surface area contributed by atoms with Crippen LogP contribution in [-0.2, 0) is 6.42 Å². The van der Waals surface area contributed by atoms with Crippen LogP contribution in [0, 0.1) is 13.8 Å². The summed E-state index contributed by atoms with van der Waals surface area (Å²) in [7, 11) is 0. The largest absolute Gasteiger partial charge is 0.294 e. The van der Waals surface area contributed by atoms with Gasteiger partial charge in [-0.25, -0.2) is 9.50 Å². The molecule has 0 aliphatic heterocycles. The zero-order valence-electron chi connectivity index (χ0n) is 16.3. The summed E-state index contributed by atoms with van der Waals surface area (Å²) in [4.78, 5) is 17.6. The Kier molecular flexibility index (Phi) is 4.25. The van der Waals surface area contributed by atoms with E-state index >= 15 is 0 Å². The lowest BCUT2D eigenvalue weighted by atomic mass is 9.80. The number of carbonyl (C=O) groups is 1. The molecule has 2 aromatic carbocycles. The molecule has 5 heteroatoms.